The number of anilines is 2. The van der Waals surface area contributed by atoms with Gasteiger partial charge in [0.2, 0.25) is 11.9 Å². The van der Waals surface area contributed by atoms with Crippen LogP contribution in [0, 0.1) is 0 Å². The summed E-state index contributed by atoms with van der Waals surface area (Å²) in [7, 11) is 0. The summed E-state index contributed by atoms with van der Waals surface area (Å²) < 4.78 is 0. The molecule has 158 valence electrons. The van der Waals surface area contributed by atoms with Gasteiger partial charge in [-0.15, -0.1) is 0 Å². The molecule has 2 aromatic rings. The van der Waals surface area contributed by atoms with Gasteiger partial charge in [-0.1, -0.05) is 18.2 Å². The maximum absolute atomic E-state index is 12.5. The summed E-state index contributed by atoms with van der Waals surface area (Å²) in [5.74, 6) is 0.416. The Morgan fingerprint density at radius 1 is 1.20 bits per heavy atom. The van der Waals surface area contributed by atoms with E-state index in [0.717, 1.165) is 75.1 Å². The van der Waals surface area contributed by atoms with Gasteiger partial charge in [-0.25, -0.2) is 4.98 Å². The van der Waals surface area contributed by atoms with Crippen LogP contribution in [0.4, 0.5) is 11.6 Å². The number of primary amides is 1. The molecular weight excluding hydrogens is 378 g/mol. The molecule has 1 saturated heterocycles. The van der Waals surface area contributed by atoms with Crippen molar-refractivity contribution < 1.29 is 4.79 Å². The molecule has 3 aliphatic rings. The van der Waals surface area contributed by atoms with E-state index in [9.17, 15) is 9.59 Å². The number of nitrogens with zero attached hydrogens (tertiary/aromatic N) is 3. The fourth-order valence-electron chi connectivity index (χ4n) is 5.48. The second-order valence-electron chi connectivity index (χ2n) is 9.01. The minimum Gasteiger partial charge on any atom is -0.368 e. The van der Waals surface area contributed by atoms with Crippen LogP contribution >= 0.6 is 0 Å². The third-order valence-corrected chi connectivity index (χ3v) is 7.34. The monoisotopic (exact) mass is 407 g/mol. The number of carbonyl (C=O) groups is 1. The van der Waals surface area contributed by atoms with Crippen LogP contribution in [0.2, 0.25) is 0 Å². The zero-order valence-electron chi connectivity index (χ0n) is 17.5. The number of nitrogens with two attached hydrogens (primary N) is 1. The smallest absolute Gasteiger partial charge is 0.255 e. The molecule has 1 aromatic carbocycles. The van der Waals surface area contributed by atoms with E-state index in [4.69, 9.17) is 10.7 Å². The van der Waals surface area contributed by atoms with Crippen LogP contribution in [0.15, 0.2) is 29.1 Å². The van der Waals surface area contributed by atoms with E-state index in [1.807, 2.05) is 13.0 Å². The first-order chi connectivity index (χ1) is 14.5. The first-order valence-electron chi connectivity index (χ1n) is 11.0. The summed E-state index contributed by atoms with van der Waals surface area (Å²) in [6.07, 6.45) is 5.82. The molecule has 5 rings (SSSR count). The number of fused-ring (bicyclic) bond motifs is 3. The summed E-state index contributed by atoms with van der Waals surface area (Å²) >= 11 is 0. The number of aromatic nitrogens is 2. The number of benzene rings is 1. The fraction of sp³-hybridized carbons (Fsp3) is 0.522. The number of H-pyrrole nitrogens is 1. The molecule has 1 spiro atoms. The average molecular weight is 408 g/mol. The lowest BCUT2D eigenvalue weighted by Crippen LogP contribution is -2.49. The number of aryl methyl sites for hydroxylation is 1. The van der Waals surface area contributed by atoms with Crippen molar-refractivity contribution in [1.29, 1.82) is 0 Å². The normalized spacial score (nSPS) is 20.7. The molecule has 3 N–H and O–H groups in total. The highest BCUT2D eigenvalue weighted by atomic mass is 16.1. The quantitative estimate of drug-likeness (QED) is 0.810. The van der Waals surface area contributed by atoms with Crippen LogP contribution in [0.1, 0.15) is 49.4 Å². The van der Waals surface area contributed by atoms with Crippen LogP contribution in [0.5, 0.6) is 0 Å². The van der Waals surface area contributed by atoms with Gasteiger partial charge in [0.15, 0.2) is 0 Å². The van der Waals surface area contributed by atoms with Gasteiger partial charge in [0.25, 0.3) is 5.56 Å². The molecule has 1 aliphatic carbocycles. The first-order valence-corrected chi connectivity index (χ1v) is 11.0. The SMILES string of the molecule is CC(C(N)=O)N1CC2(CCN(c3nc4c(c(=O)[nH]3)CCCC4)CC2)c2ccccc21. The molecule has 7 nitrogen and oxygen atoms in total. The Morgan fingerprint density at radius 3 is 2.70 bits per heavy atom. The average Bonchev–Trinajstić information content (AvgIpc) is 3.08. The highest BCUT2D eigenvalue weighted by Gasteiger charge is 2.46. The number of rotatable bonds is 3. The number of piperidine rings is 1. The van der Waals surface area contributed by atoms with Crippen LogP contribution in [-0.4, -0.2) is 41.6 Å². The van der Waals surface area contributed by atoms with Crippen LogP contribution in [0.25, 0.3) is 0 Å². The molecule has 0 radical (unpaired) electrons. The van der Waals surface area contributed by atoms with Gasteiger partial charge in [-0.3, -0.25) is 14.6 Å². The predicted molar refractivity (Wildman–Crippen MR) is 117 cm³/mol. The van der Waals surface area contributed by atoms with Gasteiger partial charge >= 0.3 is 0 Å². The molecule has 1 unspecified atom stereocenters. The molecule has 1 aromatic heterocycles. The standard InChI is InChI=1S/C23H29N5O2/c1-15(20(24)29)28-14-23(17-7-3-5-9-19(17)28)10-12-27(13-11-23)22-25-18-8-4-2-6-16(18)21(30)26-22/h3,5,7,9,15H,2,4,6,8,10-14H2,1H3,(H2,24,29)(H,25,26,30). The Kier molecular flexibility index (Phi) is 4.56. The van der Waals surface area contributed by atoms with Crippen molar-refractivity contribution in [1.82, 2.24) is 9.97 Å². The van der Waals surface area contributed by atoms with E-state index < -0.39 is 0 Å². The summed E-state index contributed by atoms with van der Waals surface area (Å²) in [4.78, 5) is 36.7. The van der Waals surface area contributed by atoms with E-state index in [1.54, 1.807) is 0 Å². The number of amides is 1. The molecule has 30 heavy (non-hydrogen) atoms. The minimum absolute atomic E-state index is 0.00526. The maximum Gasteiger partial charge on any atom is 0.255 e. The van der Waals surface area contributed by atoms with Gasteiger partial charge in [-0.05, 0) is 57.1 Å². The van der Waals surface area contributed by atoms with Crippen molar-refractivity contribution in [2.45, 2.75) is 56.9 Å². The number of hydrogen-bond donors (Lipinski definition) is 2. The molecule has 1 amide bonds. The van der Waals surface area contributed by atoms with Crippen molar-refractivity contribution >= 4 is 17.5 Å². The number of nitrogens with one attached hydrogen (secondary N) is 1. The van der Waals surface area contributed by atoms with Crippen molar-refractivity contribution in [3.05, 3.63) is 51.4 Å². The van der Waals surface area contributed by atoms with Gasteiger partial charge in [-0.2, -0.15) is 0 Å². The summed E-state index contributed by atoms with van der Waals surface area (Å²) in [5, 5.41) is 0. The number of carbonyl (C=O) groups excluding carboxylic acids is 1. The summed E-state index contributed by atoms with van der Waals surface area (Å²) in [6, 6.07) is 8.06. The zero-order chi connectivity index (χ0) is 20.9. The topological polar surface area (TPSA) is 95.3 Å². The predicted octanol–water partition coefficient (Wildman–Crippen LogP) is 1.88. The molecule has 0 bridgehead atoms. The van der Waals surface area contributed by atoms with Crippen LogP contribution in [-0.2, 0) is 23.1 Å². The van der Waals surface area contributed by atoms with E-state index in [0.29, 0.717) is 5.95 Å². The number of aromatic amines is 1. The third kappa shape index (κ3) is 2.99. The number of hydrogen-bond acceptors (Lipinski definition) is 5. The second-order valence-corrected chi connectivity index (χ2v) is 9.01. The Balaban J connectivity index is 1.40. The molecule has 2 aliphatic heterocycles. The van der Waals surface area contributed by atoms with E-state index in [2.05, 4.69) is 33.0 Å². The van der Waals surface area contributed by atoms with Crippen molar-refractivity contribution in [2.75, 3.05) is 29.4 Å². The van der Waals surface area contributed by atoms with Crippen molar-refractivity contribution in [2.24, 2.45) is 5.73 Å². The Hall–Kier alpha value is -2.83. The second kappa shape index (κ2) is 7.15. The molecule has 1 fully saturated rings. The molecular formula is C23H29N5O2. The lowest BCUT2D eigenvalue weighted by atomic mass is 9.74. The Labute approximate surface area is 176 Å². The summed E-state index contributed by atoms with van der Waals surface area (Å²) in [5.41, 5.74) is 9.95. The first kappa shape index (κ1) is 19.2. The third-order valence-electron chi connectivity index (χ3n) is 7.34. The van der Waals surface area contributed by atoms with Gasteiger partial charge in [0.1, 0.15) is 6.04 Å². The maximum atomic E-state index is 12.5. The molecule has 3 heterocycles. The lowest BCUT2D eigenvalue weighted by molar-refractivity contribution is -0.118. The Bertz CT molecular complexity index is 1040. The van der Waals surface area contributed by atoms with E-state index >= 15 is 0 Å². The molecule has 1 atom stereocenters. The van der Waals surface area contributed by atoms with Gasteiger partial charge < -0.3 is 15.5 Å². The summed E-state index contributed by atoms with van der Waals surface area (Å²) in [6.45, 7) is 4.34. The minimum atomic E-state index is -0.331. The largest absolute Gasteiger partial charge is 0.368 e. The van der Waals surface area contributed by atoms with E-state index in [-0.39, 0.29) is 22.9 Å². The van der Waals surface area contributed by atoms with Crippen molar-refractivity contribution in [3.8, 4) is 0 Å². The van der Waals surface area contributed by atoms with E-state index in [1.165, 1.54) is 5.56 Å². The lowest BCUT2D eigenvalue weighted by Gasteiger charge is -2.40. The molecule has 0 saturated carbocycles. The highest BCUT2D eigenvalue weighted by Crippen LogP contribution is 2.47. The van der Waals surface area contributed by atoms with Gasteiger partial charge in [0, 0.05) is 36.3 Å². The fourth-order valence-corrected chi connectivity index (χ4v) is 5.48. The molecule has 7 heteroatoms. The Morgan fingerprint density at radius 2 is 1.93 bits per heavy atom. The van der Waals surface area contributed by atoms with Crippen molar-refractivity contribution in [3.63, 3.8) is 0 Å². The van der Waals surface area contributed by atoms with Crippen LogP contribution in [0.3, 0.4) is 0 Å². The zero-order valence-corrected chi connectivity index (χ0v) is 17.5. The van der Waals surface area contributed by atoms with Gasteiger partial charge in [0.05, 0.1) is 5.69 Å². The highest BCUT2D eigenvalue weighted by molar-refractivity contribution is 5.84. The van der Waals surface area contributed by atoms with Crippen LogP contribution < -0.4 is 21.1 Å². The number of para-hydroxylation sites is 1.